The lowest BCUT2D eigenvalue weighted by Gasteiger charge is -2.35. The summed E-state index contributed by atoms with van der Waals surface area (Å²) in [5.74, 6) is 1.31. The Morgan fingerprint density at radius 2 is 2.07 bits per heavy atom. The number of nitrogens with zero attached hydrogens (tertiary/aromatic N) is 5. The molecule has 2 amide bonds. The predicted octanol–water partition coefficient (Wildman–Crippen LogP) is 2.47. The Bertz CT molecular complexity index is 999. The number of likely N-dealkylation sites (tertiary alicyclic amines) is 1. The molecule has 0 bridgehead atoms. The van der Waals surface area contributed by atoms with Crippen LogP contribution in [0.3, 0.4) is 0 Å². The van der Waals surface area contributed by atoms with Gasteiger partial charge in [0.2, 0.25) is 5.91 Å². The number of pyridine rings is 1. The van der Waals surface area contributed by atoms with Gasteiger partial charge in [-0.3, -0.25) is 19.2 Å². The number of hydrogen-bond donors (Lipinski definition) is 0. The van der Waals surface area contributed by atoms with Crippen LogP contribution in [-0.2, 0) is 23.2 Å². The quantitative estimate of drug-likeness (QED) is 0.775. The van der Waals surface area contributed by atoms with Crippen molar-refractivity contribution < 1.29 is 14.3 Å². The number of piperidine rings is 1. The molecule has 0 radical (unpaired) electrons. The Kier molecular flexibility index (Phi) is 5.26. The second-order valence-corrected chi connectivity index (χ2v) is 8.32. The van der Waals surface area contributed by atoms with E-state index in [1.807, 2.05) is 42.6 Å². The van der Waals surface area contributed by atoms with E-state index in [-0.39, 0.29) is 17.7 Å². The van der Waals surface area contributed by atoms with Crippen molar-refractivity contribution in [2.45, 2.75) is 59.1 Å². The third kappa shape index (κ3) is 3.55. The molecule has 8 heteroatoms. The fraction of sp³-hybridized carbons (Fsp3) is 0.545. The van der Waals surface area contributed by atoms with Crippen LogP contribution in [0.1, 0.15) is 55.3 Å². The summed E-state index contributed by atoms with van der Waals surface area (Å²) < 4.78 is 7.68. The molecule has 1 saturated heterocycles. The topological polar surface area (TPSA) is 80.6 Å². The molecule has 1 unspecified atom stereocenters. The van der Waals surface area contributed by atoms with E-state index in [9.17, 15) is 9.59 Å². The third-order valence-corrected chi connectivity index (χ3v) is 6.29. The van der Waals surface area contributed by atoms with E-state index in [1.54, 1.807) is 18.7 Å². The molecular formula is C22H29N5O3. The summed E-state index contributed by atoms with van der Waals surface area (Å²) in [6.45, 7) is 9.20. The fourth-order valence-electron chi connectivity index (χ4n) is 4.39. The minimum absolute atomic E-state index is 0.0918. The number of ether oxygens (including phenoxy) is 1. The highest BCUT2D eigenvalue weighted by molar-refractivity contribution is 5.98. The van der Waals surface area contributed by atoms with E-state index in [2.05, 4.69) is 5.10 Å². The Morgan fingerprint density at radius 3 is 2.73 bits per heavy atom. The maximum absolute atomic E-state index is 13.0. The van der Waals surface area contributed by atoms with Crippen LogP contribution in [0.5, 0.6) is 5.75 Å². The van der Waals surface area contributed by atoms with E-state index in [0.717, 1.165) is 42.0 Å². The second-order valence-electron chi connectivity index (χ2n) is 8.32. The van der Waals surface area contributed by atoms with Gasteiger partial charge in [0.05, 0.1) is 12.2 Å². The van der Waals surface area contributed by atoms with Crippen LogP contribution in [0.4, 0.5) is 5.82 Å². The summed E-state index contributed by atoms with van der Waals surface area (Å²) in [5, 5.41) is 4.48. The molecule has 2 aliphatic rings. The van der Waals surface area contributed by atoms with Crippen LogP contribution in [0.15, 0.2) is 12.1 Å². The van der Waals surface area contributed by atoms with Crippen molar-refractivity contribution in [2.24, 2.45) is 7.05 Å². The van der Waals surface area contributed by atoms with Crippen LogP contribution in [-0.4, -0.2) is 50.7 Å². The van der Waals surface area contributed by atoms with Crippen molar-refractivity contribution in [3.05, 3.63) is 34.8 Å². The van der Waals surface area contributed by atoms with Crippen molar-refractivity contribution >= 4 is 17.6 Å². The third-order valence-electron chi connectivity index (χ3n) is 6.29. The summed E-state index contributed by atoms with van der Waals surface area (Å²) in [4.78, 5) is 33.3. The zero-order chi connectivity index (χ0) is 21.6. The van der Waals surface area contributed by atoms with Gasteiger partial charge in [0.25, 0.3) is 5.91 Å². The molecule has 2 atom stereocenters. The van der Waals surface area contributed by atoms with Gasteiger partial charge in [-0.2, -0.15) is 5.10 Å². The van der Waals surface area contributed by atoms with E-state index >= 15 is 0 Å². The summed E-state index contributed by atoms with van der Waals surface area (Å²) in [6.07, 6.45) is 1.36. The lowest BCUT2D eigenvalue weighted by atomic mass is 9.94. The number of hydrogen-bond acceptors (Lipinski definition) is 5. The van der Waals surface area contributed by atoms with Gasteiger partial charge in [0, 0.05) is 49.9 Å². The first kappa shape index (κ1) is 20.4. The molecule has 2 aliphatic heterocycles. The van der Waals surface area contributed by atoms with Crippen LogP contribution < -0.4 is 9.64 Å². The minimum atomic E-state index is -0.565. The van der Waals surface area contributed by atoms with E-state index in [0.29, 0.717) is 24.7 Å². The Balaban J connectivity index is 1.69. The predicted molar refractivity (Wildman–Crippen MR) is 112 cm³/mol. The maximum Gasteiger partial charge on any atom is 0.269 e. The Labute approximate surface area is 176 Å². The Hall–Kier alpha value is -2.90. The first-order chi connectivity index (χ1) is 14.3. The lowest BCUT2D eigenvalue weighted by Crippen LogP contribution is -2.45. The average molecular weight is 412 g/mol. The first-order valence-electron chi connectivity index (χ1n) is 10.5. The zero-order valence-corrected chi connectivity index (χ0v) is 18.3. The van der Waals surface area contributed by atoms with Crippen LogP contribution in [0.2, 0.25) is 0 Å². The number of fused-ring (bicyclic) bond motifs is 1. The number of carbonyl (C=O) groups excluding carboxylic acids is 2. The van der Waals surface area contributed by atoms with Crippen LogP contribution >= 0.6 is 0 Å². The monoisotopic (exact) mass is 411 g/mol. The van der Waals surface area contributed by atoms with Gasteiger partial charge in [0.1, 0.15) is 0 Å². The molecule has 0 N–H and O–H groups in total. The number of rotatable bonds is 3. The second kappa shape index (κ2) is 7.74. The van der Waals surface area contributed by atoms with Gasteiger partial charge in [-0.1, -0.05) is 0 Å². The van der Waals surface area contributed by atoms with E-state index in [4.69, 9.17) is 9.72 Å². The van der Waals surface area contributed by atoms with Gasteiger partial charge in [-0.15, -0.1) is 0 Å². The number of aromatic nitrogens is 3. The van der Waals surface area contributed by atoms with Gasteiger partial charge in [-0.05, 0) is 45.7 Å². The molecule has 2 aromatic heterocycles. The van der Waals surface area contributed by atoms with Gasteiger partial charge in [0.15, 0.2) is 17.7 Å². The van der Waals surface area contributed by atoms with E-state index < -0.39 is 6.10 Å². The van der Waals surface area contributed by atoms with Crippen molar-refractivity contribution in [1.82, 2.24) is 19.7 Å². The highest BCUT2D eigenvalue weighted by Gasteiger charge is 2.35. The van der Waals surface area contributed by atoms with Gasteiger partial charge in [-0.25, -0.2) is 4.98 Å². The molecule has 160 valence electrons. The highest BCUT2D eigenvalue weighted by atomic mass is 16.5. The largest absolute Gasteiger partial charge is 0.477 e. The van der Waals surface area contributed by atoms with E-state index in [1.165, 1.54) is 0 Å². The SMILES string of the molecule is CC(=O)N1CCCC(c2ccc3c(n2)N(Cc2c(C)nn(C)c2C)C(=O)[C@@H](C)O3)C1. The minimum Gasteiger partial charge on any atom is -0.477 e. The summed E-state index contributed by atoms with van der Waals surface area (Å²) >= 11 is 0. The number of amides is 2. The molecule has 1 fully saturated rings. The number of carbonyl (C=O) groups is 2. The highest BCUT2D eigenvalue weighted by Crippen LogP contribution is 2.36. The summed E-state index contributed by atoms with van der Waals surface area (Å²) in [6, 6.07) is 3.87. The first-order valence-corrected chi connectivity index (χ1v) is 10.5. The number of anilines is 1. The van der Waals surface area contributed by atoms with Crippen molar-refractivity contribution in [2.75, 3.05) is 18.0 Å². The molecule has 0 aromatic carbocycles. The zero-order valence-electron chi connectivity index (χ0n) is 18.3. The van der Waals surface area contributed by atoms with Gasteiger partial charge < -0.3 is 9.64 Å². The number of aryl methyl sites for hydroxylation is 2. The molecule has 30 heavy (non-hydrogen) atoms. The van der Waals surface area contributed by atoms with Crippen molar-refractivity contribution in [1.29, 1.82) is 0 Å². The maximum atomic E-state index is 13.0. The molecule has 2 aromatic rings. The molecular weight excluding hydrogens is 382 g/mol. The summed E-state index contributed by atoms with van der Waals surface area (Å²) in [7, 11) is 1.91. The molecule has 0 aliphatic carbocycles. The smallest absolute Gasteiger partial charge is 0.269 e. The molecule has 0 saturated carbocycles. The van der Waals surface area contributed by atoms with Gasteiger partial charge >= 0.3 is 0 Å². The van der Waals surface area contributed by atoms with Crippen LogP contribution in [0, 0.1) is 13.8 Å². The van der Waals surface area contributed by atoms with Crippen molar-refractivity contribution in [3.63, 3.8) is 0 Å². The normalized spacial score (nSPS) is 21.4. The van der Waals surface area contributed by atoms with Crippen molar-refractivity contribution in [3.8, 4) is 5.75 Å². The molecule has 4 heterocycles. The average Bonchev–Trinajstić information content (AvgIpc) is 2.96. The molecule has 8 nitrogen and oxygen atoms in total. The fourth-order valence-corrected chi connectivity index (χ4v) is 4.39. The lowest BCUT2D eigenvalue weighted by molar-refractivity contribution is -0.130. The molecule has 4 rings (SSSR count). The van der Waals surface area contributed by atoms with Crippen LogP contribution in [0.25, 0.3) is 0 Å². The Morgan fingerprint density at radius 1 is 1.30 bits per heavy atom. The molecule has 0 spiro atoms. The standard InChI is InChI=1S/C22H29N5O3/c1-13-18(14(2)25(5)24-13)12-27-21-20(30-15(3)22(27)29)9-8-19(23-21)17-7-6-10-26(11-17)16(4)28/h8-9,15,17H,6-7,10-12H2,1-5H3/t15-,17?/m1/s1. The summed E-state index contributed by atoms with van der Waals surface area (Å²) in [5.41, 5.74) is 3.86.